The van der Waals surface area contributed by atoms with E-state index in [0.29, 0.717) is 5.33 Å². The summed E-state index contributed by atoms with van der Waals surface area (Å²) in [5.41, 5.74) is 3.64. The average Bonchev–Trinajstić information content (AvgIpc) is 2.97. The molecule has 0 bridgehead atoms. The normalized spacial score (nSPS) is 20.4. The van der Waals surface area contributed by atoms with Crippen molar-refractivity contribution in [1.82, 2.24) is 0 Å². The largest absolute Gasteiger partial charge is 0.293 e. The third-order valence-corrected chi connectivity index (χ3v) is 4.60. The van der Waals surface area contributed by atoms with Gasteiger partial charge in [-0.15, -0.1) is 0 Å². The Hall–Kier alpha value is -0.890. The fraction of sp³-hybridized carbons (Fsp3) is 0.400. The van der Waals surface area contributed by atoms with E-state index < -0.39 is 0 Å². The van der Waals surface area contributed by atoms with Gasteiger partial charge in [0.25, 0.3) is 0 Å². The Kier molecular flexibility index (Phi) is 2.70. The van der Waals surface area contributed by atoms with Gasteiger partial charge in [-0.2, -0.15) is 0 Å². The summed E-state index contributed by atoms with van der Waals surface area (Å²) < 4.78 is 0. The zero-order chi connectivity index (χ0) is 11.9. The molecular formula is C15H15BrO. The van der Waals surface area contributed by atoms with Gasteiger partial charge in [0.05, 0.1) is 5.33 Å². The standard InChI is InChI=1S/C15H15BrO/c16-10-14(17)12-9-15(7-3-4-8-15)13-6-2-1-5-11(12)13/h1-2,5-6,9H,3-4,7-8,10H2. The van der Waals surface area contributed by atoms with Gasteiger partial charge in [0, 0.05) is 11.0 Å². The number of halogens is 1. The lowest BCUT2D eigenvalue weighted by atomic mass is 9.81. The molecule has 1 aromatic carbocycles. The molecule has 1 saturated carbocycles. The molecule has 1 aromatic rings. The Labute approximate surface area is 110 Å². The number of benzene rings is 1. The Morgan fingerprint density at radius 3 is 2.65 bits per heavy atom. The molecule has 0 aromatic heterocycles. The van der Waals surface area contributed by atoms with E-state index in [9.17, 15) is 4.79 Å². The fourth-order valence-corrected chi connectivity index (χ4v) is 3.61. The number of rotatable bonds is 2. The van der Waals surface area contributed by atoms with Gasteiger partial charge < -0.3 is 0 Å². The molecule has 1 fully saturated rings. The van der Waals surface area contributed by atoms with E-state index in [2.05, 4.69) is 40.2 Å². The number of carbonyl (C=O) groups excluding carboxylic acids is 1. The molecule has 1 spiro atoms. The molecule has 0 N–H and O–H groups in total. The van der Waals surface area contributed by atoms with Crippen molar-refractivity contribution in [3.8, 4) is 0 Å². The molecule has 0 atom stereocenters. The van der Waals surface area contributed by atoms with E-state index in [0.717, 1.165) is 5.57 Å². The van der Waals surface area contributed by atoms with Crippen molar-refractivity contribution in [2.24, 2.45) is 0 Å². The van der Waals surface area contributed by atoms with Crippen LogP contribution in [-0.2, 0) is 10.2 Å². The molecule has 0 amide bonds. The molecule has 2 aliphatic rings. The van der Waals surface area contributed by atoms with Crippen LogP contribution in [0.25, 0.3) is 5.57 Å². The first-order chi connectivity index (χ1) is 8.27. The van der Waals surface area contributed by atoms with Crippen LogP contribution in [0.3, 0.4) is 0 Å². The van der Waals surface area contributed by atoms with E-state index in [1.807, 2.05) is 6.07 Å². The molecule has 0 radical (unpaired) electrons. The first-order valence-corrected chi connectivity index (χ1v) is 7.31. The van der Waals surface area contributed by atoms with Crippen molar-refractivity contribution >= 4 is 27.3 Å². The Balaban J connectivity index is 2.15. The molecule has 2 aliphatic carbocycles. The van der Waals surface area contributed by atoms with Gasteiger partial charge in [0.15, 0.2) is 5.78 Å². The molecule has 0 unspecified atom stereocenters. The topological polar surface area (TPSA) is 17.1 Å². The van der Waals surface area contributed by atoms with Gasteiger partial charge in [-0.25, -0.2) is 0 Å². The summed E-state index contributed by atoms with van der Waals surface area (Å²) in [6, 6.07) is 8.41. The number of carbonyl (C=O) groups is 1. The minimum absolute atomic E-state index is 0.170. The molecular weight excluding hydrogens is 276 g/mol. The monoisotopic (exact) mass is 290 g/mol. The summed E-state index contributed by atoms with van der Waals surface area (Å²) in [6.07, 6.45) is 7.20. The summed E-state index contributed by atoms with van der Waals surface area (Å²) in [5.74, 6) is 0.209. The highest BCUT2D eigenvalue weighted by molar-refractivity contribution is 9.09. The molecule has 0 aliphatic heterocycles. The van der Waals surface area contributed by atoms with E-state index in [1.165, 1.54) is 36.8 Å². The second-order valence-corrected chi connectivity index (χ2v) is 5.58. The van der Waals surface area contributed by atoms with Gasteiger partial charge in [-0.3, -0.25) is 4.79 Å². The molecule has 0 saturated heterocycles. The zero-order valence-corrected chi connectivity index (χ0v) is 11.3. The van der Waals surface area contributed by atoms with Gasteiger partial charge in [0.1, 0.15) is 0 Å². The molecule has 88 valence electrons. The smallest absolute Gasteiger partial charge is 0.173 e. The number of hydrogen-bond donors (Lipinski definition) is 0. The predicted octanol–water partition coefficient (Wildman–Crippen LogP) is 3.86. The number of fused-ring (bicyclic) bond motifs is 2. The fourth-order valence-electron chi connectivity index (χ4n) is 3.31. The van der Waals surface area contributed by atoms with Crippen LogP contribution in [0.5, 0.6) is 0 Å². The van der Waals surface area contributed by atoms with E-state index in [1.54, 1.807) is 0 Å². The Morgan fingerprint density at radius 2 is 1.94 bits per heavy atom. The highest BCUT2D eigenvalue weighted by Crippen LogP contribution is 2.50. The lowest BCUT2D eigenvalue weighted by molar-refractivity contribution is -0.111. The van der Waals surface area contributed by atoms with Gasteiger partial charge in [0.2, 0.25) is 0 Å². The summed E-state index contributed by atoms with van der Waals surface area (Å²) >= 11 is 3.28. The minimum Gasteiger partial charge on any atom is -0.293 e. The molecule has 0 heterocycles. The molecule has 2 heteroatoms. The SMILES string of the molecule is O=C(CBr)C1=CC2(CCCC2)c2ccccc21. The predicted molar refractivity (Wildman–Crippen MR) is 73.4 cm³/mol. The van der Waals surface area contributed by atoms with Crippen LogP contribution >= 0.6 is 15.9 Å². The lowest BCUT2D eigenvalue weighted by Gasteiger charge is -2.22. The van der Waals surface area contributed by atoms with Gasteiger partial charge in [-0.1, -0.05) is 59.1 Å². The van der Waals surface area contributed by atoms with Crippen molar-refractivity contribution in [2.45, 2.75) is 31.1 Å². The van der Waals surface area contributed by atoms with Crippen LogP contribution in [-0.4, -0.2) is 11.1 Å². The Bertz CT molecular complexity index is 495. The summed E-state index contributed by atoms with van der Waals surface area (Å²) in [7, 11) is 0. The third-order valence-electron chi connectivity index (χ3n) is 4.09. The van der Waals surface area contributed by atoms with Crippen LogP contribution in [0, 0.1) is 0 Å². The lowest BCUT2D eigenvalue weighted by Crippen LogP contribution is -2.16. The quantitative estimate of drug-likeness (QED) is 0.756. The highest BCUT2D eigenvalue weighted by atomic mass is 79.9. The summed E-state index contributed by atoms with van der Waals surface area (Å²) in [6.45, 7) is 0. The van der Waals surface area contributed by atoms with Crippen LogP contribution in [0.15, 0.2) is 30.3 Å². The molecule has 17 heavy (non-hydrogen) atoms. The summed E-state index contributed by atoms with van der Waals surface area (Å²) in [4.78, 5) is 12.0. The maximum absolute atomic E-state index is 12.0. The van der Waals surface area contributed by atoms with Crippen LogP contribution in [0.2, 0.25) is 0 Å². The molecule has 3 rings (SSSR count). The van der Waals surface area contributed by atoms with Gasteiger partial charge in [-0.05, 0) is 24.0 Å². The zero-order valence-electron chi connectivity index (χ0n) is 9.71. The van der Waals surface area contributed by atoms with E-state index in [-0.39, 0.29) is 11.2 Å². The number of ketones is 1. The van der Waals surface area contributed by atoms with Crippen molar-refractivity contribution in [1.29, 1.82) is 0 Å². The second-order valence-electron chi connectivity index (χ2n) is 5.02. The maximum atomic E-state index is 12.0. The highest BCUT2D eigenvalue weighted by Gasteiger charge is 2.41. The number of Topliss-reactive ketones (excluding diaryl/α,β-unsaturated/α-hetero) is 1. The number of allylic oxidation sites excluding steroid dienone is 2. The maximum Gasteiger partial charge on any atom is 0.173 e. The first-order valence-electron chi connectivity index (χ1n) is 6.19. The van der Waals surface area contributed by atoms with Crippen molar-refractivity contribution < 1.29 is 4.79 Å². The minimum atomic E-state index is 0.170. The summed E-state index contributed by atoms with van der Waals surface area (Å²) in [5, 5.41) is 0.420. The Morgan fingerprint density at radius 1 is 1.24 bits per heavy atom. The second kappa shape index (κ2) is 4.09. The van der Waals surface area contributed by atoms with Crippen LogP contribution in [0.4, 0.5) is 0 Å². The average molecular weight is 291 g/mol. The van der Waals surface area contributed by atoms with Crippen molar-refractivity contribution in [3.63, 3.8) is 0 Å². The third kappa shape index (κ3) is 1.61. The first kappa shape index (κ1) is 11.2. The number of alkyl halides is 1. The van der Waals surface area contributed by atoms with Gasteiger partial charge >= 0.3 is 0 Å². The number of hydrogen-bond acceptors (Lipinski definition) is 1. The van der Waals surface area contributed by atoms with Crippen molar-refractivity contribution in [3.05, 3.63) is 41.5 Å². The van der Waals surface area contributed by atoms with Crippen molar-refractivity contribution in [2.75, 3.05) is 5.33 Å². The molecule has 1 nitrogen and oxygen atoms in total. The van der Waals surface area contributed by atoms with E-state index >= 15 is 0 Å². The van der Waals surface area contributed by atoms with Crippen LogP contribution in [0.1, 0.15) is 36.8 Å². The van der Waals surface area contributed by atoms with E-state index in [4.69, 9.17) is 0 Å². The van der Waals surface area contributed by atoms with Crippen LogP contribution < -0.4 is 0 Å².